The lowest BCUT2D eigenvalue weighted by Crippen LogP contribution is -2.23. The molecule has 5 nitrogen and oxygen atoms in total. The van der Waals surface area contributed by atoms with Gasteiger partial charge in [-0.25, -0.2) is 0 Å². The number of benzene rings is 2. The molecule has 0 fully saturated rings. The van der Waals surface area contributed by atoms with Gasteiger partial charge in [0, 0.05) is 18.7 Å². The Morgan fingerprint density at radius 2 is 1.79 bits per heavy atom. The van der Waals surface area contributed by atoms with E-state index in [2.05, 4.69) is 10.6 Å². The van der Waals surface area contributed by atoms with E-state index in [0.29, 0.717) is 40.9 Å². The Hall–Kier alpha value is -2.67. The van der Waals surface area contributed by atoms with Crippen LogP contribution >= 0.6 is 22.9 Å². The molecular formula is C22H21ClN2O3S. The summed E-state index contributed by atoms with van der Waals surface area (Å²) in [5.41, 5.74) is 2.89. The van der Waals surface area contributed by atoms with Crippen molar-refractivity contribution in [3.63, 3.8) is 0 Å². The average molecular weight is 429 g/mol. The number of thiophene rings is 1. The fraction of sp³-hybridized carbons (Fsp3) is 0.182. The molecule has 3 aromatic rings. The summed E-state index contributed by atoms with van der Waals surface area (Å²) in [4.78, 5) is 25.3. The van der Waals surface area contributed by atoms with Crippen molar-refractivity contribution >= 4 is 40.4 Å². The Morgan fingerprint density at radius 3 is 2.48 bits per heavy atom. The van der Waals surface area contributed by atoms with Gasteiger partial charge in [0.05, 0.1) is 22.2 Å². The summed E-state index contributed by atoms with van der Waals surface area (Å²) in [6.07, 6.45) is 0. The normalized spacial score (nSPS) is 10.6. The van der Waals surface area contributed by atoms with Crippen molar-refractivity contribution in [1.29, 1.82) is 0 Å². The minimum atomic E-state index is -0.258. The van der Waals surface area contributed by atoms with Crippen molar-refractivity contribution in [3.05, 3.63) is 86.6 Å². The third-order valence-electron chi connectivity index (χ3n) is 4.17. The van der Waals surface area contributed by atoms with E-state index < -0.39 is 0 Å². The van der Waals surface area contributed by atoms with Crippen molar-refractivity contribution in [2.45, 2.75) is 20.1 Å². The van der Waals surface area contributed by atoms with Crippen LogP contribution in [-0.2, 0) is 17.9 Å². The van der Waals surface area contributed by atoms with Gasteiger partial charge >= 0.3 is 0 Å². The highest BCUT2D eigenvalue weighted by Crippen LogP contribution is 2.24. The molecule has 0 aliphatic carbocycles. The molecule has 7 heteroatoms. The zero-order valence-electron chi connectivity index (χ0n) is 15.9. The van der Waals surface area contributed by atoms with Gasteiger partial charge in [0.1, 0.15) is 0 Å². The van der Waals surface area contributed by atoms with E-state index in [1.165, 1.54) is 11.3 Å². The number of ether oxygens (including phenoxy) is 1. The molecule has 3 rings (SSSR count). The van der Waals surface area contributed by atoms with Crippen LogP contribution < -0.4 is 10.6 Å². The van der Waals surface area contributed by atoms with E-state index >= 15 is 0 Å². The first-order valence-electron chi connectivity index (χ1n) is 9.15. The van der Waals surface area contributed by atoms with Gasteiger partial charge in [-0.15, -0.1) is 11.3 Å². The number of nitrogens with one attached hydrogen (secondary N) is 2. The summed E-state index contributed by atoms with van der Waals surface area (Å²) in [6, 6.07) is 16.2. The molecule has 1 aromatic heterocycles. The number of halogens is 1. The molecule has 0 saturated heterocycles. The van der Waals surface area contributed by atoms with Crippen LogP contribution in [0.1, 0.15) is 38.1 Å². The topological polar surface area (TPSA) is 67.4 Å². The van der Waals surface area contributed by atoms with Crippen LogP contribution in [0.3, 0.4) is 0 Å². The smallest absolute Gasteiger partial charge is 0.265 e. The van der Waals surface area contributed by atoms with Crippen molar-refractivity contribution in [1.82, 2.24) is 5.32 Å². The quantitative estimate of drug-likeness (QED) is 0.523. The summed E-state index contributed by atoms with van der Waals surface area (Å²) in [7, 11) is 0. The summed E-state index contributed by atoms with van der Waals surface area (Å²) >= 11 is 7.51. The fourth-order valence-electron chi connectivity index (χ4n) is 2.61. The fourth-order valence-corrected chi connectivity index (χ4v) is 3.40. The second-order valence-corrected chi connectivity index (χ2v) is 7.62. The molecule has 150 valence electrons. The number of amides is 2. The molecule has 0 spiro atoms. The molecule has 0 aliphatic heterocycles. The van der Waals surface area contributed by atoms with Crippen molar-refractivity contribution in [3.8, 4) is 0 Å². The van der Waals surface area contributed by atoms with E-state index in [9.17, 15) is 9.59 Å². The molecule has 2 N–H and O–H groups in total. The molecule has 0 atom stereocenters. The van der Waals surface area contributed by atoms with Gasteiger partial charge in [0.25, 0.3) is 11.8 Å². The molecule has 0 saturated carbocycles. The minimum absolute atomic E-state index is 0.244. The highest BCUT2D eigenvalue weighted by Gasteiger charge is 2.13. The van der Waals surface area contributed by atoms with Gasteiger partial charge < -0.3 is 15.4 Å². The summed E-state index contributed by atoms with van der Waals surface area (Å²) in [5.74, 6) is -0.502. The van der Waals surface area contributed by atoms with Gasteiger partial charge in [0.2, 0.25) is 0 Å². The number of carbonyl (C=O) groups excluding carboxylic acids is 2. The van der Waals surface area contributed by atoms with E-state index in [4.69, 9.17) is 16.3 Å². The van der Waals surface area contributed by atoms with Crippen molar-refractivity contribution in [2.24, 2.45) is 0 Å². The van der Waals surface area contributed by atoms with E-state index in [1.807, 2.05) is 36.6 Å². The maximum Gasteiger partial charge on any atom is 0.265 e. The lowest BCUT2D eigenvalue weighted by molar-refractivity contribution is 0.0949. The maximum atomic E-state index is 12.5. The lowest BCUT2D eigenvalue weighted by atomic mass is 10.1. The van der Waals surface area contributed by atoms with Gasteiger partial charge in [-0.3, -0.25) is 9.59 Å². The highest BCUT2D eigenvalue weighted by atomic mass is 35.5. The Labute approximate surface area is 178 Å². The van der Waals surface area contributed by atoms with Crippen LogP contribution in [0.2, 0.25) is 5.02 Å². The van der Waals surface area contributed by atoms with Crippen LogP contribution in [0.15, 0.2) is 60.0 Å². The largest absolute Gasteiger partial charge is 0.377 e. The average Bonchev–Trinajstić information content (AvgIpc) is 3.28. The second-order valence-electron chi connectivity index (χ2n) is 6.26. The maximum absolute atomic E-state index is 12.5. The van der Waals surface area contributed by atoms with E-state index in [-0.39, 0.29) is 11.8 Å². The monoisotopic (exact) mass is 428 g/mol. The summed E-state index contributed by atoms with van der Waals surface area (Å²) < 4.78 is 5.38. The zero-order chi connectivity index (χ0) is 20.6. The van der Waals surface area contributed by atoms with Gasteiger partial charge in [-0.05, 0) is 47.7 Å². The molecule has 0 radical (unpaired) electrons. The number of rotatable bonds is 8. The van der Waals surface area contributed by atoms with Crippen LogP contribution in [0.5, 0.6) is 0 Å². The molecule has 0 bridgehead atoms. The molecule has 2 aromatic carbocycles. The van der Waals surface area contributed by atoms with Gasteiger partial charge in [0.15, 0.2) is 0 Å². The van der Waals surface area contributed by atoms with Crippen molar-refractivity contribution in [2.75, 3.05) is 11.9 Å². The van der Waals surface area contributed by atoms with E-state index in [1.54, 1.807) is 30.3 Å². The zero-order valence-corrected chi connectivity index (χ0v) is 17.5. The van der Waals surface area contributed by atoms with Gasteiger partial charge in [-0.1, -0.05) is 41.9 Å². The van der Waals surface area contributed by atoms with E-state index in [0.717, 1.165) is 11.1 Å². The van der Waals surface area contributed by atoms with Crippen LogP contribution in [0, 0.1) is 0 Å². The predicted molar refractivity (Wildman–Crippen MR) is 117 cm³/mol. The van der Waals surface area contributed by atoms with Crippen LogP contribution in [0.25, 0.3) is 0 Å². The summed E-state index contributed by atoms with van der Waals surface area (Å²) in [6.45, 7) is 3.61. The lowest BCUT2D eigenvalue weighted by Gasteiger charge is -2.10. The Morgan fingerprint density at radius 1 is 1.03 bits per heavy atom. The van der Waals surface area contributed by atoms with Crippen LogP contribution in [-0.4, -0.2) is 18.4 Å². The SMILES string of the molecule is CCOCc1ccc(CNC(=O)c2ccc(Cl)c(NC(=O)c3cccs3)c2)cc1. The molecule has 0 unspecified atom stereocenters. The number of carbonyl (C=O) groups is 2. The Bertz CT molecular complexity index is 972. The minimum Gasteiger partial charge on any atom is -0.377 e. The van der Waals surface area contributed by atoms with Crippen molar-refractivity contribution < 1.29 is 14.3 Å². The highest BCUT2D eigenvalue weighted by molar-refractivity contribution is 7.12. The Balaban J connectivity index is 1.61. The number of hydrogen-bond donors (Lipinski definition) is 2. The standard InChI is InChI=1S/C22H21ClN2O3S/c1-2-28-14-16-7-5-15(6-8-16)13-24-21(26)17-9-10-18(23)19(12-17)25-22(27)20-4-3-11-29-20/h3-12H,2,13-14H2,1H3,(H,24,26)(H,25,27). The van der Waals surface area contributed by atoms with Crippen LogP contribution in [0.4, 0.5) is 5.69 Å². The van der Waals surface area contributed by atoms with Gasteiger partial charge in [-0.2, -0.15) is 0 Å². The third kappa shape index (κ3) is 5.90. The molecule has 29 heavy (non-hydrogen) atoms. The molecule has 0 aliphatic rings. The molecular weight excluding hydrogens is 408 g/mol. The summed E-state index contributed by atoms with van der Waals surface area (Å²) in [5, 5.41) is 7.83. The molecule has 1 heterocycles. The predicted octanol–water partition coefficient (Wildman–Crippen LogP) is 5.12. The first-order chi connectivity index (χ1) is 14.1. The second kappa shape index (κ2) is 10.2. The molecule has 2 amide bonds. The third-order valence-corrected chi connectivity index (χ3v) is 5.37. The number of hydrogen-bond acceptors (Lipinski definition) is 4. The first-order valence-corrected chi connectivity index (χ1v) is 10.4. The number of anilines is 1. The first kappa shape index (κ1) is 21.0. The Kier molecular flexibility index (Phi) is 7.41.